The minimum absolute atomic E-state index is 0.000540. The van der Waals surface area contributed by atoms with Gasteiger partial charge in [-0.1, -0.05) is 46.8 Å². The Hall–Kier alpha value is -1.22. The summed E-state index contributed by atoms with van der Waals surface area (Å²) >= 11 is 0. The molecular formula is C53H90O24. The minimum atomic E-state index is -1.83. The summed E-state index contributed by atoms with van der Waals surface area (Å²) in [4.78, 5) is 4.70. The average molecular weight is 1110 g/mol. The SMILES string of the molecule is CC(C)(/C=C/C[C@](C)(O[C@H]1O[C@@H](CO[C@H]2OC[C@H](O)[C@@H](O)[C@@H]2O)[C@H](O)[C@@H](O)[C@@H]1O)[C@@H]1CC[C@]2(C)[C@H]1[C@@H](O)C[C@H]1[C@@]3(C)CC[C@H](O[C@H]4O[C@@H](CO)[C@H](O)[C@@H](O)[C@@H]4O[C@H]4O[C@@H](CO)[C@H](O)[C@@H](O)[C@@H]4O)C(C)(C)[C@@H]3CC[C@@]12C)OO. The summed E-state index contributed by atoms with van der Waals surface area (Å²) < 4.78 is 48.6. The Labute approximate surface area is 449 Å². The predicted octanol–water partition coefficient (Wildman–Crippen LogP) is -2.10. The van der Waals surface area contributed by atoms with Crippen LogP contribution in [0.5, 0.6) is 0 Å². The van der Waals surface area contributed by atoms with E-state index in [0.29, 0.717) is 32.1 Å². The highest BCUT2D eigenvalue weighted by Crippen LogP contribution is 2.76. The van der Waals surface area contributed by atoms with E-state index in [9.17, 15) is 76.7 Å². The maximum absolute atomic E-state index is 12.8. The molecular weight excluding hydrogens is 1020 g/mol. The molecule has 0 aromatic carbocycles. The lowest BCUT2D eigenvalue weighted by atomic mass is 9.35. The molecule has 0 bridgehead atoms. The topological polar surface area (TPSA) is 387 Å². The van der Waals surface area contributed by atoms with Crippen molar-refractivity contribution >= 4 is 0 Å². The van der Waals surface area contributed by atoms with Crippen LogP contribution in [0.15, 0.2) is 12.2 Å². The molecule has 446 valence electrons. The van der Waals surface area contributed by atoms with Gasteiger partial charge in [-0.15, -0.1) is 0 Å². The highest BCUT2D eigenvalue weighted by atomic mass is 17.1. The van der Waals surface area contributed by atoms with Crippen LogP contribution in [-0.4, -0.2) is 243 Å². The van der Waals surface area contributed by atoms with Gasteiger partial charge in [0.15, 0.2) is 25.2 Å². The second-order valence-electron chi connectivity index (χ2n) is 25.8. The fourth-order valence-corrected chi connectivity index (χ4v) is 15.9. The van der Waals surface area contributed by atoms with Gasteiger partial charge in [0.05, 0.1) is 44.2 Å². The first-order valence-corrected chi connectivity index (χ1v) is 27.5. The predicted molar refractivity (Wildman–Crippen MR) is 263 cm³/mol. The number of rotatable bonds is 16. The fraction of sp³-hybridized carbons (Fsp3) is 0.962. The van der Waals surface area contributed by atoms with Gasteiger partial charge in [-0.05, 0) is 117 Å². The largest absolute Gasteiger partial charge is 0.394 e. The molecule has 0 aromatic heterocycles. The van der Waals surface area contributed by atoms with Gasteiger partial charge in [0.2, 0.25) is 0 Å². The summed E-state index contributed by atoms with van der Waals surface area (Å²) in [5, 5.41) is 161. The third kappa shape index (κ3) is 11.0. The van der Waals surface area contributed by atoms with Gasteiger partial charge in [-0.2, -0.15) is 0 Å². The van der Waals surface area contributed by atoms with Crippen LogP contribution >= 0.6 is 0 Å². The number of fused-ring (bicyclic) bond motifs is 5. The Bertz CT molecular complexity index is 2000. The van der Waals surface area contributed by atoms with Crippen LogP contribution in [-0.2, 0) is 42.8 Å². The van der Waals surface area contributed by atoms with Crippen molar-refractivity contribution in [2.45, 2.75) is 247 Å². The van der Waals surface area contributed by atoms with Crippen LogP contribution in [0, 0.1) is 45.3 Å². The highest BCUT2D eigenvalue weighted by Gasteiger charge is 2.72. The number of aliphatic hydroxyl groups is 14. The van der Waals surface area contributed by atoms with Crippen LogP contribution < -0.4 is 0 Å². The second kappa shape index (κ2) is 23.1. The summed E-state index contributed by atoms with van der Waals surface area (Å²) in [6.07, 6.45) is -23.3. The van der Waals surface area contributed by atoms with Gasteiger partial charge >= 0.3 is 0 Å². The fourth-order valence-electron chi connectivity index (χ4n) is 15.9. The molecule has 8 fully saturated rings. The molecule has 4 aliphatic heterocycles. The normalized spacial score (nSPS) is 52.1. The summed E-state index contributed by atoms with van der Waals surface area (Å²) in [5.74, 6) is -0.727. The van der Waals surface area contributed by atoms with E-state index in [4.69, 9.17) is 42.8 Å². The lowest BCUT2D eigenvalue weighted by molar-refractivity contribution is -0.378. The number of hydrogen-bond donors (Lipinski definition) is 15. The maximum atomic E-state index is 12.8. The van der Waals surface area contributed by atoms with Crippen LogP contribution in [0.25, 0.3) is 0 Å². The average Bonchev–Trinajstić information content (AvgIpc) is 3.97. The molecule has 0 spiro atoms. The summed E-state index contributed by atoms with van der Waals surface area (Å²) in [6.45, 7) is 14.1. The minimum Gasteiger partial charge on any atom is -0.394 e. The van der Waals surface area contributed by atoms with E-state index in [2.05, 4.69) is 34.6 Å². The van der Waals surface area contributed by atoms with E-state index in [-0.39, 0.29) is 47.5 Å². The van der Waals surface area contributed by atoms with Crippen molar-refractivity contribution in [1.82, 2.24) is 0 Å². The molecule has 24 nitrogen and oxygen atoms in total. The standard InChI is InChI=1S/C53H90O24/c1-48(2,77-68)13-9-14-53(8,76-46-42(67)38(63)36(61)28(73-46)22-70-44-40(65)33(58)25(57)21-69-44)23-10-16-52(7)32(23)24(56)18-30-50(5)15-12-31(49(3,4)29(50)11-17-51(30,52)6)74-47-43(39(64)35(60)27(20-55)72-47)75-45-41(66)37(62)34(59)26(19-54)71-45/h9,13,23-47,54-68H,10-12,14-22H2,1-8H3/b13-9+/t23-,24+,25+,26+,27+,28+,29+,30+,31+,32-,33-,34+,35+,36+,37-,38-,39-,40+,41+,42+,43+,44-,45-,46-,47-,50+,51+,52-,53+/m1/s1. The van der Waals surface area contributed by atoms with Gasteiger partial charge < -0.3 is 109 Å². The van der Waals surface area contributed by atoms with Gasteiger partial charge in [0.25, 0.3) is 0 Å². The molecule has 8 rings (SSSR count). The Morgan fingerprint density at radius 1 is 0.571 bits per heavy atom. The molecule has 4 aliphatic carbocycles. The molecule has 0 unspecified atom stereocenters. The van der Waals surface area contributed by atoms with E-state index in [1.165, 1.54) is 0 Å². The molecule has 4 heterocycles. The molecule has 77 heavy (non-hydrogen) atoms. The van der Waals surface area contributed by atoms with Crippen LogP contribution in [0.3, 0.4) is 0 Å². The van der Waals surface area contributed by atoms with E-state index >= 15 is 0 Å². The van der Waals surface area contributed by atoms with Crippen LogP contribution in [0.4, 0.5) is 0 Å². The zero-order chi connectivity index (χ0) is 56.7. The van der Waals surface area contributed by atoms with Gasteiger partial charge in [-0.3, -0.25) is 5.26 Å². The molecule has 0 amide bonds. The van der Waals surface area contributed by atoms with Crippen molar-refractivity contribution in [1.29, 1.82) is 0 Å². The lowest BCUT2D eigenvalue weighted by Crippen LogP contribution is -2.68. The molecule has 29 atom stereocenters. The molecule has 0 aromatic rings. The Morgan fingerprint density at radius 3 is 1.78 bits per heavy atom. The lowest BCUT2D eigenvalue weighted by Gasteiger charge is -2.71. The third-order valence-corrected chi connectivity index (χ3v) is 20.6. The first kappa shape index (κ1) is 61.8. The summed E-state index contributed by atoms with van der Waals surface area (Å²) in [6, 6.07) is 0. The molecule has 0 radical (unpaired) electrons. The van der Waals surface area contributed by atoms with Crippen molar-refractivity contribution in [3.8, 4) is 0 Å². The smallest absolute Gasteiger partial charge is 0.187 e. The maximum Gasteiger partial charge on any atom is 0.187 e. The summed E-state index contributed by atoms with van der Waals surface area (Å²) in [7, 11) is 0. The van der Waals surface area contributed by atoms with Crippen molar-refractivity contribution in [2.75, 3.05) is 26.4 Å². The van der Waals surface area contributed by atoms with Crippen LogP contribution in [0.1, 0.15) is 107 Å². The van der Waals surface area contributed by atoms with Crippen molar-refractivity contribution in [2.24, 2.45) is 45.3 Å². The van der Waals surface area contributed by atoms with Gasteiger partial charge in [0.1, 0.15) is 97.2 Å². The second-order valence-corrected chi connectivity index (χ2v) is 25.8. The Morgan fingerprint density at radius 2 is 1.14 bits per heavy atom. The Balaban J connectivity index is 1.02. The number of ether oxygens (including phenoxy) is 8. The van der Waals surface area contributed by atoms with Crippen molar-refractivity contribution < 1.29 is 120 Å². The van der Waals surface area contributed by atoms with E-state index in [1.807, 2.05) is 6.92 Å². The van der Waals surface area contributed by atoms with Gasteiger partial charge in [0, 0.05) is 0 Å². The van der Waals surface area contributed by atoms with E-state index in [1.54, 1.807) is 26.0 Å². The molecule has 4 saturated carbocycles. The number of aliphatic hydroxyl groups excluding tert-OH is 14. The summed E-state index contributed by atoms with van der Waals surface area (Å²) in [5.41, 5.74) is -4.10. The van der Waals surface area contributed by atoms with E-state index in [0.717, 1.165) is 12.8 Å². The monoisotopic (exact) mass is 1110 g/mol. The van der Waals surface area contributed by atoms with Crippen molar-refractivity contribution in [3.05, 3.63) is 12.2 Å². The van der Waals surface area contributed by atoms with E-state index < -0.39 is 171 Å². The molecule has 24 heteroatoms. The van der Waals surface area contributed by atoms with Crippen LogP contribution in [0.2, 0.25) is 0 Å². The van der Waals surface area contributed by atoms with Gasteiger partial charge in [-0.25, -0.2) is 4.89 Å². The zero-order valence-corrected chi connectivity index (χ0v) is 45.5. The molecule has 8 aliphatic rings. The molecule has 4 saturated heterocycles. The first-order chi connectivity index (χ1) is 35.9. The first-order valence-electron chi connectivity index (χ1n) is 27.5. The van der Waals surface area contributed by atoms with Crippen molar-refractivity contribution in [3.63, 3.8) is 0 Å². The highest BCUT2D eigenvalue weighted by molar-refractivity contribution is 5.21. The quantitative estimate of drug-likeness (QED) is 0.0341. The Kier molecular flexibility index (Phi) is 18.5. The zero-order valence-electron chi connectivity index (χ0n) is 45.5. The number of hydrogen-bond acceptors (Lipinski definition) is 24. The third-order valence-electron chi connectivity index (χ3n) is 20.6. The molecule has 15 N–H and O–H groups in total.